The van der Waals surface area contributed by atoms with Crippen molar-refractivity contribution in [2.45, 2.75) is 76.9 Å². The summed E-state index contributed by atoms with van der Waals surface area (Å²) >= 11 is 0. The van der Waals surface area contributed by atoms with Gasteiger partial charge in [0.25, 0.3) is 0 Å². The third-order valence-electron chi connectivity index (χ3n) is 6.41. The van der Waals surface area contributed by atoms with Crippen LogP contribution in [0, 0.1) is 11.6 Å². The highest BCUT2D eigenvalue weighted by Crippen LogP contribution is 2.43. The van der Waals surface area contributed by atoms with E-state index in [-0.39, 0.29) is 23.5 Å². The number of halogens is 2. The highest BCUT2D eigenvalue weighted by Gasteiger charge is 2.40. The van der Waals surface area contributed by atoms with E-state index < -0.39 is 17.2 Å². The van der Waals surface area contributed by atoms with Crippen LogP contribution in [0.5, 0.6) is 5.75 Å². The van der Waals surface area contributed by atoms with Crippen LogP contribution in [0.4, 0.5) is 8.78 Å². The van der Waals surface area contributed by atoms with Gasteiger partial charge in [0.05, 0.1) is 17.8 Å². The van der Waals surface area contributed by atoms with E-state index in [4.69, 9.17) is 9.47 Å². The van der Waals surface area contributed by atoms with E-state index in [1.54, 1.807) is 19.1 Å². The normalized spacial score (nSPS) is 23.7. The Labute approximate surface area is 184 Å². The van der Waals surface area contributed by atoms with Crippen molar-refractivity contribution in [3.8, 4) is 16.9 Å². The lowest BCUT2D eigenvalue weighted by Crippen LogP contribution is -2.41. The van der Waals surface area contributed by atoms with E-state index in [1.165, 1.54) is 25.0 Å². The Morgan fingerprint density at radius 3 is 2.19 bits per heavy atom. The van der Waals surface area contributed by atoms with Crippen LogP contribution in [0.3, 0.4) is 0 Å². The number of rotatable bonds is 9. The Hall–Kier alpha value is -1.98. The van der Waals surface area contributed by atoms with Gasteiger partial charge in [-0.2, -0.15) is 4.39 Å². The van der Waals surface area contributed by atoms with E-state index in [9.17, 15) is 13.9 Å². The van der Waals surface area contributed by atoms with Crippen molar-refractivity contribution in [2.24, 2.45) is 0 Å². The van der Waals surface area contributed by atoms with E-state index in [0.717, 1.165) is 31.4 Å². The highest BCUT2D eigenvalue weighted by atomic mass is 19.2. The zero-order chi connectivity index (χ0) is 22.5. The first-order valence-corrected chi connectivity index (χ1v) is 11.4. The second-order valence-corrected chi connectivity index (χ2v) is 8.79. The first-order chi connectivity index (χ1) is 14.8. The first-order valence-electron chi connectivity index (χ1n) is 11.4. The van der Waals surface area contributed by atoms with Gasteiger partial charge in [-0.25, -0.2) is 4.39 Å². The number of aliphatic hydroxyl groups is 1. The largest absolute Gasteiger partial charge is 0.491 e. The zero-order valence-corrected chi connectivity index (χ0v) is 18.8. The van der Waals surface area contributed by atoms with Crippen LogP contribution in [0.1, 0.15) is 71.3 Å². The molecule has 0 amide bonds. The molecule has 0 atom stereocenters. The van der Waals surface area contributed by atoms with Crippen LogP contribution in [0.2, 0.25) is 0 Å². The Morgan fingerprint density at radius 2 is 1.58 bits per heavy atom. The second-order valence-electron chi connectivity index (χ2n) is 8.79. The lowest BCUT2D eigenvalue weighted by atomic mass is 9.73. The van der Waals surface area contributed by atoms with E-state index in [0.29, 0.717) is 18.4 Å². The molecule has 0 aliphatic heterocycles. The van der Waals surface area contributed by atoms with Crippen molar-refractivity contribution in [2.75, 3.05) is 13.2 Å². The quantitative estimate of drug-likeness (QED) is 0.445. The molecule has 2 aromatic carbocycles. The molecule has 0 spiro atoms. The van der Waals surface area contributed by atoms with Crippen molar-refractivity contribution in [3.63, 3.8) is 0 Å². The fraction of sp³-hybridized carbons (Fsp3) is 0.538. The summed E-state index contributed by atoms with van der Waals surface area (Å²) in [7, 11) is 0. The Morgan fingerprint density at radius 1 is 0.903 bits per heavy atom. The van der Waals surface area contributed by atoms with Crippen molar-refractivity contribution in [1.82, 2.24) is 0 Å². The maximum absolute atomic E-state index is 14.5. The number of unbranched alkanes of at least 4 members (excludes halogenated alkanes) is 2. The number of hydrogen-bond donors (Lipinski definition) is 1. The van der Waals surface area contributed by atoms with E-state index in [1.807, 2.05) is 12.1 Å². The van der Waals surface area contributed by atoms with Gasteiger partial charge >= 0.3 is 0 Å². The Kier molecular flexibility index (Phi) is 7.71. The summed E-state index contributed by atoms with van der Waals surface area (Å²) in [5.41, 5.74) is 0.426. The Balaban J connectivity index is 1.69. The molecule has 0 aromatic heterocycles. The third-order valence-corrected chi connectivity index (χ3v) is 6.41. The molecule has 0 unspecified atom stereocenters. The van der Waals surface area contributed by atoms with Crippen molar-refractivity contribution < 1.29 is 23.4 Å². The van der Waals surface area contributed by atoms with Gasteiger partial charge in [-0.3, -0.25) is 0 Å². The van der Waals surface area contributed by atoms with Crippen LogP contribution < -0.4 is 4.74 Å². The van der Waals surface area contributed by atoms with Gasteiger partial charge in [0.15, 0.2) is 11.6 Å². The van der Waals surface area contributed by atoms with Gasteiger partial charge in [0.1, 0.15) is 0 Å². The van der Waals surface area contributed by atoms with Gasteiger partial charge in [-0.15, -0.1) is 0 Å². The molecule has 1 N–H and O–H groups in total. The highest BCUT2D eigenvalue weighted by molar-refractivity contribution is 5.65. The smallest absolute Gasteiger partial charge is 0.201 e. The van der Waals surface area contributed by atoms with Crippen molar-refractivity contribution in [3.05, 3.63) is 53.6 Å². The molecule has 31 heavy (non-hydrogen) atoms. The molecule has 0 heterocycles. The van der Waals surface area contributed by atoms with Crippen LogP contribution in [0.15, 0.2) is 36.4 Å². The topological polar surface area (TPSA) is 38.7 Å². The summed E-state index contributed by atoms with van der Waals surface area (Å²) in [4.78, 5) is 0. The monoisotopic (exact) mass is 432 g/mol. The molecular weight excluding hydrogens is 398 g/mol. The van der Waals surface area contributed by atoms with Crippen LogP contribution >= 0.6 is 0 Å². The Bertz CT molecular complexity index is 856. The predicted molar refractivity (Wildman–Crippen MR) is 119 cm³/mol. The van der Waals surface area contributed by atoms with Crippen LogP contribution in [-0.2, 0) is 10.3 Å². The van der Waals surface area contributed by atoms with Gasteiger partial charge in [-0.1, -0.05) is 44.0 Å². The molecule has 1 aliphatic rings. The molecule has 1 saturated carbocycles. The summed E-state index contributed by atoms with van der Waals surface area (Å²) in [6.45, 7) is 7.06. The fourth-order valence-corrected chi connectivity index (χ4v) is 4.28. The SMILES string of the molecule is CCCCCOC1(C)CCC(O)(c2ccc(-c3ccc(OCC)c(F)c3F)cc2)CC1. The maximum Gasteiger partial charge on any atom is 0.201 e. The molecule has 0 bridgehead atoms. The molecule has 0 radical (unpaired) electrons. The van der Waals surface area contributed by atoms with Gasteiger partial charge in [0.2, 0.25) is 5.82 Å². The van der Waals surface area contributed by atoms with E-state index >= 15 is 0 Å². The molecule has 0 saturated heterocycles. The second kappa shape index (κ2) is 10.1. The minimum Gasteiger partial charge on any atom is -0.491 e. The number of benzene rings is 2. The molecule has 1 fully saturated rings. The molecule has 1 aliphatic carbocycles. The molecule has 5 heteroatoms. The maximum atomic E-state index is 14.5. The lowest BCUT2D eigenvalue weighted by molar-refractivity contribution is -0.111. The van der Waals surface area contributed by atoms with Crippen molar-refractivity contribution in [1.29, 1.82) is 0 Å². The molecule has 2 aromatic rings. The number of ether oxygens (including phenoxy) is 2. The average Bonchev–Trinajstić information content (AvgIpc) is 2.77. The average molecular weight is 433 g/mol. The predicted octanol–water partition coefficient (Wildman–Crippen LogP) is 6.76. The molecular formula is C26H34F2O3. The molecule has 3 nitrogen and oxygen atoms in total. The van der Waals surface area contributed by atoms with Crippen molar-refractivity contribution >= 4 is 0 Å². The van der Waals surface area contributed by atoms with E-state index in [2.05, 4.69) is 13.8 Å². The summed E-state index contributed by atoms with van der Waals surface area (Å²) in [5, 5.41) is 11.2. The number of hydrogen-bond acceptors (Lipinski definition) is 3. The summed E-state index contributed by atoms with van der Waals surface area (Å²) in [5.74, 6) is -1.99. The summed E-state index contributed by atoms with van der Waals surface area (Å²) in [6.07, 6.45) is 6.21. The molecule has 170 valence electrons. The fourth-order valence-electron chi connectivity index (χ4n) is 4.28. The van der Waals surface area contributed by atoms with Crippen LogP contribution in [-0.4, -0.2) is 23.9 Å². The van der Waals surface area contributed by atoms with Gasteiger partial charge in [0, 0.05) is 12.2 Å². The zero-order valence-electron chi connectivity index (χ0n) is 18.8. The summed E-state index contributed by atoms with van der Waals surface area (Å²) < 4.78 is 40.0. The minimum absolute atomic E-state index is 0.0863. The standard InChI is InChI=1S/C26H34F2O3/c1-4-6-7-18-31-25(3)14-16-26(29,17-15-25)20-10-8-19(9-11-20)21-12-13-22(30-5-2)24(28)23(21)27/h8-13,29H,4-7,14-18H2,1-3H3. The first kappa shape index (κ1) is 23.7. The van der Waals surface area contributed by atoms with Gasteiger partial charge in [-0.05, 0) is 69.2 Å². The third kappa shape index (κ3) is 5.45. The van der Waals surface area contributed by atoms with Crippen LogP contribution in [0.25, 0.3) is 11.1 Å². The van der Waals surface area contributed by atoms with Gasteiger partial charge < -0.3 is 14.6 Å². The molecule has 3 rings (SSSR count). The lowest BCUT2D eigenvalue weighted by Gasteiger charge is -2.42. The summed E-state index contributed by atoms with van der Waals surface area (Å²) in [6, 6.07) is 10.1. The minimum atomic E-state index is -0.979.